The third kappa shape index (κ3) is 3.54. The molecule has 0 spiro atoms. The number of quaternary nitrogens is 2. The molecule has 5 heteroatoms. The summed E-state index contributed by atoms with van der Waals surface area (Å²) in [6, 6.07) is 17.5. The predicted molar refractivity (Wildman–Crippen MR) is 105 cm³/mol. The molecule has 1 saturated heterocycles. The van der Waals surface area contributed by atoms with Gasteiger partial charge in [0, 0.05) is 28.2 Å². The molecular formula is C22H27N3O2+2. The molecule has 4 N–H and O–H groups in total. The first kappa shape index (κ1) is 17.9. The largest absolute Gasteiger partial charge is 0.379 e. The normalized spacial score (nSPS) is 22.4. The smallest absolute Gasteiger partial charge is 0.199 e. The number of nitrogens with one attached hydrogen (secondary N) is 3. The van der Waals surface area contributed by atoms with Gasteiger partial charge in [0.1, 0.15) is 32.2 Å². The average molecular weight is 365 g/mol. The minimum Gasteiger partial charge on any atom is -0.379 e. The van der Waals surface area contributed by atoms with Gasteiger partial charge in [0.05, 0.1) is 7.05 Å². The van der Waals surface area contributed by atoms with E-state index in [1.165, 1.54) is 9.80 Å². The number of likely N-dealkylation sites (N-methyl/N-ethyl adjacent to an activating group) is 1. The fraction of sp³-hybridized carbons (Fsp3) is 0.318. The molecule has 0 saturated carbocycles. The number of benzene rings is 2. The molecule has 140 valence electrons. The third-order valence-electron chi connectivity index (χ3n) is 5.78. The van der Waals surface area contributed by atoms with Crippen molar-refractivity contribution in [2.75, 3.05) is 33.2 Å². The van der Waals surface area contributed by atoms with Crippen LogP contribution in [0.2, 0.25) is 0 Å². The number of piperazine rings is 1. The summed E-state index contributed by atoms with van der Waals surface area (Å²) in [7, 11) is 2.20. The van der Waals surface area contributed by atoms with Gasteiger partial charge in [-0.3, -0.25) is 4.79 Å². The van der Waals surface area contributed by atoms with Gasteiger partial charge in [0.25, 0.3) is 0 Å². The van der Waals surface area contributed by atoms with Crippen LogP contribution in [-0.4, -0.2) is 55.2 Å². The fourth-order valence-electron chi connectivity index (χ4n) is 4.20. The molecule has 1 fully saturated rings. The summed E-state index contributed by atoms with van der Waals surface area (Å²) >= 11 is 0. The summed E-state index contributed by atoms with van der Waals surface area (Å²) < 4.78 is 0. The lowest BCUT2D eigenvalue weighted by Crippen LogP contribution is -3.27. The van der Waals surface area contributed by atoms with Gasteiger partial charge in [-0.2, -0.15) is 0 Å². The highest BCUT2D eigenvalue weighted by Gasteiger charge is 2.39. The highest BCUT2D eigenvalue weighted by molar-refractivity contribution is 6.10. The standard InChI is InChI=1S/C22H25N3O2/c1-24-11-13-25(14-12-24)20(16-7-3-2-4-8-16)22(27)21(26)18-15-23-19-10-6-5-9-17(18)19/h2-10,15,20,22-23,27H,11-14H2,1H3/p+2/t20-,22-/m0/s1. The van der Waals surface area contributed by atoms with E-state index in [0.29, 0.717) is 5.56 Å². The zero-order valence-corrected chi connectivity index (χ0v) is 15.6. The molecule has 0 aliphatic carbocycles. The summed E-state index contributed by atoms with van der Waals surface area (Å²) in [5.41, 5.74) is 2.51. The van der Waals surface area contributed by atoms with Crippen molar-refractivity contribution in [1.82, 2.24) is 4.98 Å². The van der Waals surface area contributed by atoms with Gasteiger partial charge in [-0.25, -0.2) is 0 Å². The van der Waals surface area contributed by atoms with Gasteiger partial charge in [-0.05, 0) is 6.07 Å². The van der Waals surface area contributed by atoms with E-state index in [-0.39, 0.29) is 11.8 Å². The van der Waals surface area contributed by atoms with E-state index in [1.807, 2.05) is 54.6 Å². The van der Waals surface area contributed by atoms with Crippen molar-refractivity contribution < 1.29 is 19.7 Å². The molecule has 3 aromatic rings. The zero-order chi connectivity index (χ0) is 18.8. The number of Topliss-reactive ketones (excluding diaryl/α,β-unsaturated/α-hetero) is 1. The van der Waals surface area contributed by atoms with Gasteiger partial charge in [-0.1, -0.05) is 48.5 Å². The van der Waals surface area contributed by atoms with Gasteiger partial charge >= 0.3 is 0 Å². The van der Waals surface area contributed by atoms with Crippen LogP contribution in [0, 0.1) is 0 Å². The number of aliphatic hydroxyl groups is 1. The molecule has 2 aromatic carbocycles. The first-order chi connectivity index (χ1) is 13.1. The number of hydrogen-bond donors (Lipinski definition) is 4. The number of carbonyl (C=O) groups excluding carboxylic acids is 1. The highest BCUT2D eigenvalue weighted by atomic mass is 16.3. The second-order valence-corrected chi connectivity index (χ2v) is 7.56. The topological polar surface area (TPSA) is 62.0 Å². The molecule has 2 atom stereocenters. The molecule has 0 bridgehead atoms. The number of ketones is 1. The number of para-hydroxylation sites is 1. The summed E-state index contributed by atoms with van der Waals surface area (Å²) in [6.45, 7) is 3.99. The number of aliphatic hydroxyl groups excluding tert-OH is 1. The lowest BCUT2D eigenvalue weighted by Gasteiger charge is -2.35. The monoisotopic (exact) mass is 365 g/mol. The van der Waals surface area contributed by atoms with Gasteiger partial charge < -0.3 is 19.9 Å². The number of H-pyrrole nitrogens is 1. The van der Waals surface area contributed by atoms with Crippen LogP contribution >= 0.6 is 0 Å². The van der Waals surface area contributed by atoms with E-state index >= 15 is 0 Å². The molecule has 0 radical (unpaired) electrons. The van der Waals surface area contributed by atoms with Crippen LogP contribution in [0.3, 0.4) is 0 Å². The van der Waals surface area contributed by atoms with E-state index in [2.05, 4.69) is 12.0 Å². The summed E-state index contributed by atoms with van der Waals surface area (Å²) in [5, 5.41) is 12.1. The molecule has 1 aromatic heterocycles. The number of aromatic nitrogens is 1. The second kappa shape index (κ2) is 7.64. The minimum absolute atomic E-state index is 0.208. The summed E-state index contributed by atoms with van der Waals surface area (Å²) in [5.74, 6) is -0.208. The number of carbonyl (C=O) groups is 1. The number of hydrogen-bond acceptors (Lipinski definition) is 2. The van der Waals surface area contributed by atoms with Gasteiger partial charge in [0.2, 0.25) is 0 Å². The molecule has 1 aliphatic heterocycles. The first-order valence-electron chi connectivity index (χ1n) is 9.64. The van der Waals surface area contributed by atoms with Crippen molar-refractivity contribution in [3.05, 3.63) is 71.9 Å². The van der Waals surface area contributed by atoms with Crippen molar-refractivity contribution in [3.8, 4) is 0 Å². The Kier molecular flexibility index (Phi) is 5.07. The van der Waals surface area contributed by atoms with Crippen LogP contribution in [-0.2, 0) is 0 Å². The maximum atomic E-state index is 13.3. The number of fused-ring (bicyclic) bond motifs is 1. The first-order valence-corrected chi connectivity index (χ1v) is 9.64. The van der Waals surface area contributed by atoms with Crippen LogP contribution in [0.15, 0.2) is 60.8 Å². The summed E-state index contributed by atoms with van der Waals surface area (Å²) in [4.78, 5) is 19.2. The Morgan fingerprint density at radius 1 is 1.00 bits per heavy atom. The van der Waals surface area contributed by atoms with E-state index in [9.17, 15) is 9.90 Å². The molecule has 27 heavy (non-hydrogen) atoms. The van der Waals surface area contributed by atoms with Crippen LogP contribution < -0.4 is 9.80 Å². The van der Waals surface area contributed by atoms with E-state index in [4.69, 9.17) is 0 Å². The minimum atomic E-state index is -1.07. The Hall–Kier alpha value is -2.47. The molecule has 5 nitrogen and oxygen atoms in total. The van der Waals surface area contributed by atoms with Gasteiger partial charge in [0.15, 0.2) is 11.9 Å². The Balaban J connectivity index is 1.67. The molecule has 0 amide bonds. The van der Waals surface area contributed by atoms with E-state index in [1.54, 1.807) is 6.20 Å². The molecule has 1 aliphatic rings. The zero-order valence-electron chi connectivity index (χ0n) is 15.6. The number of aromatic amines is 1. The van der Waals surface area contributed by atoms with Crippen molar-refractivity contribution in [3.63, 3.8) is 0 Å². The lowest BCUT2D eigenvalue weighted by atomic mass is 9.93. The van der Waals surface area contributed by atoms with E-state index < -0.39 is 6.10 Å². The Bertz CT molecular complexity index is 913. The van der Waals surface area contributed by atoms with Crippen molar-refractivity contribution in [1.29, 1.82) is 0 Å². The summed E-state index contributed by atoms with van der Waals surface area (Å²) in [6.07, 6.45) is 0.655. The second-order valence-electron chi connectivity index (χ2n) is 7.56. The fourth-order valence-corrected chi connectivity index (χ4v) is 4.20. The Morgan fingerprint density at radius 2 is 1.67 bits per heavy atom. The van der Waals surface area contributed by atoms with Crippen LogP contribution in [0.25, 0.3) is 10.9 Å². The molecule has 4 rings (SSSR count). The van der Waals surface area contributed by atoms with Crippen LogP contribution in [0.1, 0.15) is 22.0 Å². The Labute approximate surface area is 159 Å². The third-order valence-corrected chi connectivity index (χ3v) is 5.78. The highest BCUT2D eigenvalue weighted by Crippen LogP contribution is 2.23. The average Bonchev–Trinajstić information content (AvgIpc) is 3.14. The predicted octanol–water partition coefficient (Wildman–Crippen LogP) is -0.134. The quantitative estimate of drug-likeness (QED) is 0.476. The maximum Gasteiger partial charge on any atom is 0.199 e. The van der Waals surface area contributed by atoms with Crippen molar-refractivity contribution in [2.45, 2.75) is 12.1 Å². The SMILES string of the molecule is C[NH+]1CC[NH+]([C@@H](c2ccccc2)[C@H](O)C(=O)c2c[nH]c3ccccc23)CC1. The maximum absolute atomic E-state index is 13.3. The van der Waals surface area contributed by atoms with Crippen molar-refractivity contribution in [2.24, 2.45) is 0 Å². The molecular weight excluding hydrogens is 338 g/mol. The molecule has 2 heterocycles. The lowest BCUT2D eigenvalue weighted by molar-refractivity contribution is -1.02. The van der Waals surface area contributed by atoms with Crippen molar-refractivity contribution >= 4 is 16.7 Å². The van der Waals surface area contributed by atoms with E-state index in [0.717, 1.165) is 42.6 Å². The Morgan fingerprint density at radius 3 is 2.41 bits per heavy atom. The molecule has 0 unspecified atom stereocenters. The van der Waals surface area contributed by atoms with Gasteiger partial charge in [-0.15, -0.1) is 0 Å². The van der Waals surface area contributed by atoms with Crippen LogP contribution in [0.5, 0.6) is 0 Å². The van der Waals surface area contributed by atoms with Crippen LogP contribution in [0.4, 0.5) is 0 Å². The number of rotatable bonds is 5.